The van der Waals surface area contributed by atoms with Crippen LogP contribution < -0.4 is 14.3 Å². The zero-order valence-electron chi connectivity index (χ0n) is 17.6. The summed E-state index contributed by atoms with van der Waals surface area (Å²) in [5, 5.41) is 14.6. The molecule has 0 unspecified atom stereocenters. The maximum Gasteiger partial charge on any atom is 0.339 e. The standard InChI is InChI=1S/C22H19N3O7S/c1-15-3-12-20(21(13-15)31-2)22(26)24-23-14-16-4-8-18(9-5-16)32-33(29,30)19-10-6-17(7-11-19)25(27)28/h3-14H,1-2H3,(H,24,26)/b23-14-. The van der Waals surface area contributed by atoms with Gasteiger partial charge < -0.3 is 8.92 Å². The molecule has 0 bridgehead atoms. The van der Waals surface area contributed by atoms with Crippen LogP contribution in [0, 0.1) is 17.0 Å². The summed E-state index contributed by atoms with van der Waals surface area (Å²) in [5.74, 6) is 0.0228. The highest BCUT2D eigenvalue weighted by Crippen LogP contribution is 2.22. The lowest BCUT2D eigenvalue weighted by molar-refractivity contribution is -0.384. The van der Waals surface area contributed by atoms with Crippen LogP contribution in [0.25, 0.3) is 0 Å². The molecule has 11 heteroatoms. The van der Waals surface area contributed by atoms with Crippen LogP contribution in [0.15, 0.2) is 76.7 Å². The summed E-state index contributed by atoms with van der Waals surface area (Å²) in [6.45, 7) is 1.88. The Kier molecular flexibility index (Phi) is 7.04. The molecule has 0 aromatic heterocycles. The Labute approximate surface area is 189 Å². The number of nitrogens with zero attached hydrogens (tertiary/aromatic N) is 2. The van der Waals surface area contributed by atoms with Crippen molar-refractivity contribution in [3.8, 4) is 11.5 Å². The topological polar surface area (TPSA) is 137 Å². The fourth-order valence-corrected chi connectivity index (χ4v) is 3.66. The minimum atomic E-state index is -4.16. The van der Waals surface area contributed by atoms with Gasteiger partial charge in [0.05, 0.1) is 23.8 Å². The molecule has 3 aromatic carbocycles. The number of hydrazone groups is 1. The van der Waals surface area contributed by atoms with Crippen molar-refractivity contribution < 1.29 is 27.1 Å². The summed E-state index contributed by atoms with van der Waals surface area (Å²) in [7, 11) is -2.69. The van der Waals surface area contributed by atoms with Crippen molar-refractivity contribution in [3.63, 3.8) is 0 Å². The second-order valence-corrected chi connectivity index (χ2v) is 8.31. The first kappa shape index (κ1) is 23.4. The van der Waals surface area contributed by atoms with E-state index in [2.05, 4.69) is 10.5 Å². The number of carbonyl (C=O) groups is 1. The van der Waals surface area contributed by atoms with Crippen molar-refractivity contribution in [2.45, 2.75) is 11.8 Å². The van der Waals surface area contributed by atoms with Gasteiger partial charge in [0.2, 0.25) is 0 Å². The fraction of sp³-hybridized carbons (Fsp3) is 0.0909. The molecular formula is C22H19N3O7S. The van der Waals surface area contributed by atoms with Crippen LogP contribution in [-0.2, 0) is 10.1 Å². The predicted molar refractivity (Wildman–Crippen MR) is 120 cm³/mol. The summed E-state index contributed by atoms with van der Waals surface area (Å²) < 4.78 is 35.0. The Morgan fingerprint density at radius 2 is 1.73 bits per heavy atom. The lowest BCUT2D eigenvalue weighted by atomic mass is 10.1. The van der Waals surface area contributed by atoms with Crippen LogP contribution in [0.2, 0.25) is 0 Å². The molecule has 0 radical (unpaired) electrons. The SMILES string of the molecule is COc1cc(C)ccc1C(=O)N/N=C\c1ccc(OS(=O)(=O)c2ccc([N+](=O)[O-])cc2)cc1. The number of aryl methyl sites for hydroxylation is 1. The number of nitrogens with one attached hydrogen (secondary N) is 1. The van der Waals surface area contributed by atoms with E-state index < -0.39 is 20.9 Å². The highest BCUT2D eigenvalue weighted by atomic mass is 32.2. The van der Waals surface area contributed by atoms with Gasteiger partial charge in [-0.05, 0) is 66.6 Å². The number of methoxy groups -OCH3 is 1. The van der Waals surface area contributed by atoms with Crippen LogP contribution >= 0.6 is 0 Å². The molecule has 0 heterocycles. The maximum atomic E-state index is 12.3. The van der Waals surface area contributed by atoms with Crippen LogP contribution in [0.1, 0.15) is 21.5 Å². The number of ether oxygens (including phenoxy) is 1. The van der Waals surface area contributed by atoms with Crippen LogP contribution in [0.4, 0.5) is 5.69 Å². The van der Waals surface area contributed by atoms with Crippen molar-refractivity contribution in [1.29, 1.82) is 0 Å². The molecule has 0 aliphatic carbocycles. The van der Waals surface area contributed by atoms with Gasteiger partial charge in [-0.2, -0.15) is 13.5 Å². The number of nitro benzene ring substituents is 1. The van der Waals surface area contributed by atoms with Crippen molar-refractivity contribution in [3.05, 3.63) is 93.5 Å². The molecule has 170 valence electrons. The predicted octanol–water partition coefficient (Wildman–Crippen LogP) is 3.44. The number of rotatable bonds is 8. The molecule has 10 nitrogen and oxygen atoms in total. The number of amides is 1. The Morgan fingerprint density at radius 1 is 1.06 bits per heavy atom. The number of nitro groups is 1. The van der Waals surface area contributed by atoms with E-state index in [-0.39, 0.29) is 16.3 Å². The summed E-state index contributed by atoms with van der Waals surface area (Å²) in [4.78, 5) is 22.2. The molecule has 33 heavy (non-hydrogen) atoms. The molecule has 0 spiro atoms. The van der Waals surface area contributed by atoms with Crippen molar-refractivity contribution >= 4 is 27.9 Å². The number of hydrogen-bond acceptors (Lipinski definition) is 8. The Balaban J connectivity index is 1.63. The first-order valence-corrected chi connectivity index (χ1v) is 10.9. The normalized spacial score (nSPS) is 11.2. The van der Waals surface area contributed by atoms with Crippen LogP contribution in [0.3, 0.4) is 0 Å². The Morgan fingerprint density at radius 3 is 2.33 bits per heavy atom. The van der Waals surface area contributed by atoms with E-state index in [1.807, 2.05) is 6.92 Å². The summed E-state index contributed by atoms with van der Waals surface area (Å²) in [6, 6.07) is 15.4. The van der Waals surface area contributed by atoms with Gasteiger partial charge in [0, 0.05) is 12.1 Å². The third kappa shape index (κ3) is 5.92. The molecule has 1 amide bonds. The summed E-state index contributed by atoms with van der Waals surface area (Å²) >= 11 is 0. The van der Waals surface area contributed by atoms with Gasteiger partial charge in [-0.1, -0.05) is 6.07 Å². The van der Waals surface area contributed by atoms with Crippen molar-refractivity contribution in [2.24, 2.45) is 5.10 Å². The fourth-order valence-electron chi connectivity index (χ4n) is 2.73. The minimum absolute atomic E-state index is 0.0407. The first-order valence-electron chi connectivity index (χ1n) is 9.46. The third-order valence-electron chi connectivity index (χ3n) is 4.40. The van der Waals surface area contributed by atoms with Crippen molar-refractivity contribution in [2.75, 3.05) is 7.11 Å². The molecule has 0 aliphatic heterocycles. The van der Waals surface area contributed by atoms with E-state index >= 15 is 0 Å². The van der Waals surface area contributed by atoms with Gasteiger partial charge in [-0.25, -0.2) is 5.43 Å². The molecule has 0 atom stereocenters. The highest BCUT2D eigenvalue weighted by Gasteiger charge is 2.18. The minimum Gasteiger partial charge on any atom is -0.496 e. The molecule has 0 aliphatic rings. The second kappa shape index (κ2) is 9.92. The molecule has 3 aromatic rings. The van der Waals surface area contributed by atoms with Crippen LogP contribution in [0.5, 0.6) is 11.5 Å². The van der Waals surface area contributed by atoms with Gasteiger partial charge in [0.25, 0.3) is 11.6 Å². The Bertz CT molecular complexity index is 1300. The quantitative estimate of drug-likeness (QED) is 0.231. The van der Waals surface area contributed by atoms with E-state index in [9.17, 15) is 23.3 Å². The molecule has 1 N–H and O–H groups in total. The number of benzene rings is 3. The number of hydrogen-bond donors (Lipinski definition) is 1. The summed E-state index contributed by atoms with van der Waals surface area (Å²) in [6.07, 6.45) is 1.38. The number of carbonyl (C=O) groups excluding carboxylic acids is 1. The van der Waals surface area contributed by atoms with Crippen molar-refractivity contribution in [1.82, 2.24) is 5.43 Å². The molecular weight excluding hydrogens is 450 g/mol. The van der Waals surface area contributed by atoms with Crippen LogP contribution in [-0.4, -0.2) is 32.6 Å². The lowest BCUT2D eigenvalue weighted by Gasteiger charge is -2.08. The Hall–Kier alpha value is -4.25. The van der Waals surface area contributed by atoms with Gasteiger partial charge in [-0.15, -0.1) is 0 Å². The molecule has 0 saturated carbocycles. The lowest BCUT2D eigenvalue weighted by Crippen LogP contribution is -2.18. The zero-order chi connectivity index (χ0) is 24.0. The van der Waals surface area contributed by atoms with E-state index in [1.165, 1.54) is 25.5 Å². The largest absolute Gasteiger partial charge is 0.496 e. The smallest absolute Gasteiger partial charge is 0.339 e. The average molecular weight is 469 g/mol. The van der Waals surface area contributed by atoms with E-state index in [4.69, 9.17) is 8.92 Å². The molecule has 0 fully saturated rings. The van der Waals surface area contributed by atoms with Gasteiger partial charge in [0.15, 0.2) is 0 Å². The van der Waals surface area contributed by atoms with E-state index in [0.29, 0.717) is 16.9 Å². The average Bonchev–Trinajstić information content (AvgIpc) is 2.79. The zero-order valence-corrected chi connectivity index (χ0v) is 18.4. The van der Waals surface area contributed by atoms with Gasteiger partial charge in [0.1, 0.15) is 16.4 Å². The summed E-state index contributed by atoms with van der Waals surface area (Å²) in [5.41, 5.74) is 4.03. The van der Waals surface area contributed by atoms with Gasteiger partial charge >= 0.3 is 10.1 Å². The molecule has 0 saturated heterocycles. The second-order valence-electron chi connectivity index (χ2n) is 6.76. The van der Waals surface area contributed by atoms with Gasteiger partial charge in [-0.3, -0.25) is 14.9 Å². The highest BCUT2D eigenvalue weighted by molar-refractivity contribution is 7.87. The number of non-ortho nitro benzene ring substituents is 1. The van der Waals surface area contributed by atoms with E-state index in [0.717, 1.165) is 29.8 Å². The maximum absolute atomic E-state index is 12.3. The monoisotopic (exact) mass is 469 g/mol. The first-order chi connectivity index (χ1) is 15.7. The molecule has 3 rings (SSSR count). The van der Waals surface area contributed by atoms with E-state index in [1.54, 1.807) is 30.3 Å². The third-order valence-corrected chi connectivity index (χ3v) is 5.66.